The summed E-state index contributed by atoms with van der Waals surface area (Å²) in [4.78, 5) is 10.2. The van der Waals surface area contributed by atoms with E-state index in [0.29, 0.717) is 12.2 Å². The van der Waals surface area contributed by atoms with Gasteiger partial charge in [0.25, 0.3) is 5.69 Å². The van der Waals surface area contributed by atoms with Gasteiger partial charge in [-0.05, 0) is 24.3 Å². The second kappa shape index (κ2) is 6.90. The molecule has 0 bridgehead atoms. The Bertz CT molecular complexity index is 652. The molecule has 5 nitrogen and oxygen atoms in total. The Morgan fingerprint density at radius 1 is 1.29 bits per heavy atom. The highest BCUT2D eigenvalue weighted by atomic mass is 35.5. The molecule has 0 aliphatic rings. The minimum absolute atomic E-state index is 0.0770. The van der Waals surface area contributed by atoms with Crippen molar-refractivity contribution < 1.29 is 14.1 Å². The number of hydrogen-bond acceptors (Lipinski definition) is 4. The molecule has 0 radical (unpaired) electrons. The van der Waals surface area contributed by atoms with Gasteiger partial charge < -0.3 is 10.1 Å². The molecule has 0 aliphatic heterocycles. The average molecular weight is 311 g/mol. The van der Waals surface area contributed by atoms with Crippen LogP contribution in [0.3, 0.4) is 0 Å². The number of rotatable bonds is 6. The number of para-hydroxylation sites is 1. The molecule has 0 amide bonds. The fourth-order valence-electron chi connectivity index (χ4n) is 1.68. The van der Waals surface area contributed by atoms with Gasteiger partial charge in [-0.1, -0.05) is 23.7 Å². The second-order valence-electron chi connectivity index (χ2n) is 4.13. The molecule has 0 atom stereocenters. The summed E-state index contributed by atoms with van der Waals surface area (Å²) >= 11 is 5.71. The molecule has 0 saturated carbocycles. The number of nitro groups is 1. The monoisotopic (exact) mass is 310 g/mol. The van der Waals surface area contributed by atoms with Crippen molar-refractivity contribution in [1.29, 1.82) is 0 Å². The fraction of sp³-hybridized carbons (Fsp3) is 0.143. The Kier molecular flexibility index (Phi) is 4.94. The molecule has 7 heteroatoms. The zero-order chi connectivity index (χ0) is 15.2. The van der Waals surface area contributed by atoms with E-state index in [1.807, 2.05) is 0 Å². The van der Waals surface area contributed by atoms with E-state index in [2.05, 4.69) is 5.32 Å². The minimum atomic E-state index is -0.552. The first kappa shape index (κ1) is 15.1. The van der Waals surface area contributed by atoms with Crippen molar-refractivity contribution >= 4 is 23.0 Å². The Morgan fingerprint density at radius 3 is 2.76 bits per heavy atom. The Balaban J connectivity index is 1.88. The number of halogens is 2. The SMILES string of the molecule is O=[N+]([O-])c1cc(NCCOc2ccccc2F)ccc1Cl. The molecule has 0 heterocycles. The highest BCUT2D eigenvalue weighted by Crippen LogP contribution is 2.27. The largest absolute Gasteiger partial charge is 0.489 e. The number of nitro benzene ring substituents is 1. The lowest BCUT2D eigenvalue weighted by Gasteiger charge is -2.09. The Labute approximate surface area is 125 Å². The molecular weight excluding hydrogens is 299 g/mol. The molecule has 0 spiro atoms. The molecule has 0 unspecified atom stereocenters. The molecule has 110 valence electrons. The van der Waals surface area contributed by atoms with Crippen molar-refractivity contribution in [3.05, 3.63) is 63.4 Å². The molecule has 0 fully saturated rings. The summed E-state index contributed by atoms with van der Waals surface area (Å²) in [5, 5.41) is 13.8. The Hall–Kier alpha value is -2.34. The maximum absolute atomic E-state index is 13.3. The minimum Gasteiger partial charge on any atom is -0.489 e. The number of anilines is 1. The first-order valence-electron chi connectivity index (χ1n) is 6.13. The van der Waals surface area contributed by atoms with Gasteiger partial charge >= 0.3 is 0 Å². The third kappa shape index (κ3) is 4.06. The van der Waals surface area contributed by atoms with Gasteiger partial charge in [0.15, 0.2) is 11.6 Å². The lowest BCUT2D eigenvalue weighted by molar-refractivity contribution is -0.384. The molecule has 0 aliphatic carbocycles. The van der Waals surface area contributed by atoms with E-state index >= 15 is 0 Å². The van der Waals surface area contributed by atoms with Gasteiger partial charge in [-0.25, -0.2) is 4.39 Å². The van der Waals surface area contributed by atoms with Crippen molar-refractivity contribution in [3.63, 3.8) is 0 Å². The van der Waals surface area contributed by atoms with Crippen LogP contribution in [0.1, 0.15) is 0 Å². The van der Waals surface area contributed by atoms with E-state index in [1.54, 1.807) is 18.2 Å². The first-order valence-corrected chi connectivity index (χ1v) is 6.51. The average Bonchev–Trinajstić information content (AvgIpc) is 2.46. The van der Waals surface area contributed by atoms with E-state index in [-0.39, 0.29) is 23.1 Å². The topological polar surface area (TPSA) is 64.4 Å². The van der Waals surface area contributed by atoms with Crippen LogP contribution in [0.4, 0.5) is 15.8 Å². The zero-order valence-electron chi connectivity index (χ0n) is 10.9. The fourth-order valence-corrected chi connectivity index (χ4v) is 1.87. The van der Waals surface area contributed by atoms with Crippen LogP contribution in [0.15, 0.2) is 42.5 Å². The molecule has 2 aromatic rings. The number of benzene rings is 2. The summed E-state index contributed by atoms with van der Waals surface area (Å²) in [6.07, 6.45) is 0. The maximum atomic E-state index is 13.3. The van der Waals surface area contributed by atoms with Crippen LogP contribution in [0.2, 0.25) is 5.02 Å². The van der Waals surface area contributed by atoms with Crippen molar-refractivity contribution in [3.8, 4) is 5.75 Å². The molecule has 0 aromatic heterocycles. The quantitative estimate of drug-likeness (QED) is 0.499. The van der Waals surface area contributed by atoms with E-state index in [9.17, 15) is 14.5 Å². The standard InChI is InChI=1S/C14H12ClFN2O3/c15-11-6-5-10(9-13(11)18(19)20)17-7-8-21-14-4-2-1-3-12(14)16/h1-6,9,17H,7-8H2. The van der Waals surface area contributed by atoms with Crippen LogP contribution in [-0.2, 0) is 0 Å². The molecule has 1 N–H and O–H groups in total. The second-order valence-corrected chi connectivity index (χ2v) is 4.54. The maximum Gasteiger partial charge on any atom is 0.289 e. The molecule has 2 aromatic carbocycles. The molecule has 21 heavy (non-hydrogen) atoms. The summed E-state index contributed by atoms with van der Waals surface area (Å²) in [5.41, 5.74) is 0.375. The van der Waals surface area contributed by atoms with Gasteiger partial charge in [0.2, 0.25) is 0 Å². The zero-order valence-corrected chi connectivity index (χ0v) is 11.6. The van der Waals surface area contributed by atoms with Gasteiger partial charge in [0.1, 0.15) is 11.6 Å². The summed E-state index contributed by atoms with van der Waals surface area (Å²) in [7, 11) is 0. The highest BCUT2D eigenvalue weighted by molar-refractivity contribution is 6.32. The first-order chi connectivity index (χ1) is 10.1. The summed E-state index contributed by atoms with van der Waals surface area (Å²) in [6.45, 7) is 0.588. The lowest BCUT2D eigenvalue weighted by atomic mass is 10.3. The number of hydrogen-bond donors (Lipinski definition) is 1. The number of nitrogens with one attached hydrogen (secondary N) is 1. The smallest absolute Gasteiger partial charge is 0.289 e. The van der Waals surface area contributed by atoms with Crippen molar-refractivity contribution in [2.45, 2.75) is 0 Å². The normalized spacial score (nSPS) is 10.2. The van der Waals surface area contributed by atoms with E-state index in [4.69, 9.17) is 16.3 Å². The van der Waals surface area contributed by atoms with E-state index in [0.717, 1.165) is 0 Å². The summed E-state index contributed by atoms with van der Waals surface area (Å²) in [5.74, 6) is -0.263. The highest BCUT2D eigenvalue weighted by Gasteiger charge is 2.12. The van der Waals surface area contributed by atoms with Crippen LogP contribution in [-0.4, -0.2) is 18.1 Å². The molecular formula is C14H12ClFN2O3. The van der Waals surface area contributed by atoms with Gasteiger partial charge in [0.05, 0.1) is 4.92 Å². The van der Waals surface area contributed by atoms with Gasteiger partial charge in [-0.15, -0.1) is 0 Å². The van der Waals surface area contributed by atoms with E-state index in [1.165, 1.54) is 24.3 Å². The van der Waals surface area contributed by atoms with E-state index < -0.39 is 10.7 Å². The van der Waals surface area contributed by atoms with Gasteiger partial charge in [0, 0.05) is 18.3 Å². The molecule has 0 saturated heterocycles. The Morgan fingerprint density at radius 2 is 2.05 bits per heavy atom. The lowest BCUT2D eigenvalue weighted by Crippen LogP contribution is -2.12. The summed E-state index contributed by atoms with van der Waals surface area (Å²) < 4.78 is 18.6. The van der Waals surface area contributed by atoms with Crippen LogP contribution >= 0.6 is 11.6 Å². The predicted molar refractivity (Wildman–Crippen MR) is 78.5 cm³/mol. The third-order valence-corrected chi connectivity index (χ3v) is 2.99. The van der Waals surface area contributed by atoms with Crippen LogP contribution < -0.4 is 10.1 Å². The van der Waals surface area contributed by atoms with Crippen molar-refractivity contribution in [1.82, 2.24) is 0 Å². The van der Waals surface area contributed by atoms with Crippen molar-refractivity contribution in [2.75, 3.05) is 18.5 Å². The molecule has 2 rings (SSSR count). The summed E-state index contributed by atoms with van der Waals surface area (Å²) in [6, 6.07) is 10.5. The van der Waals surface area contributed by atoms with Crippen molar-refractivity contribution in [2.24, 2.45) is 0 Å². The predicted octanol–water partition coefficient (Wildman–Crippen LogP) is 3.88. The van der Waals surface area contributed by atoms with Crippen LogP contribution in [0, 0.1) is 15.9 Å². The third-order valence-electron chi connectivity index (χ3n) is 2.67. The number of nitrogens with zero attached hydrogens (tertiary/aromatic N) is 1. The number of ether oxygens (including phenoxy) is 1. The van der Waals surface area contributed by atoms with Crippen LogP contribution in [0.25, 0.3) is 0 Å². The van der Waals surface area contributed by atoms with Gasteiger partial charge in [-0.2, -0.15) is 0 Å². The van der Waals surface area contributed by atoms with Gasteiger partial charge in [-0.3, -0.25) is 10.1 Å². The van der Waals surface area contributed by atoms with Crippen LogP contribution in [0.5, 0.6) is 5.75 Å².